The summed E-state index contributed by atoms with van der Waals surface area (Å²) in [4.78, 5) is 11.8. The van der Waals surface area contributed by atoms with Gasteiger partial charge in [-0.1, -0.05) is 27.2 Å². The van der Waals surface area contributed by atoms with E-state index in [1.807, 2.05) is 13.0 Å². The smallest absolute Gasteiger partial charge is 0.251 e. The van der Waals surface area contributed by atoms with Gasteiger partial charge in [-0.15, -0.1) is 0 Å². The Hall–Kier alpha value is -1.56. The summed E-state index contributed by atoms with van der Waals surface area (Å²) in [5.41, 5.74) is 6.93. The lowest BCUT2D eigenvalue weighted by atomic mass is 10.1. The molecule has 17 heavy (non-hydrogen) atoms. The van der Waals surface area contributed by atoms with Crippen molar-refractivity contribution in [3.63, 3.8) is 0 Å². The fraction of sp³-hybridized carbons (Fsp3) is 0.273. The average molecular weight is 300 g/mol. The third-order valence-corrected chi connectivity index (χ3v) is 3.20. The zero-order valence-electron chi connectivity index (χ0n) is 9.57. The number of aryl methyl sites for hydroxylation is 1. The van der Waals surface area contributed by atoms with E-state index in [1.165, 1.54) is 0 Å². The molecule has 0 aliphatic heterocycles. The molecule has 1 unspecified atom stereocenters. The molecule has 0 aliphatic carbocycles. The predicted octanol–water partition coefficient (Wildman–Crippen LogP) is 1.62. The molecule has 0 aromatic heterocycles. The second-order valence-electron chi connectivity index (χ2n) is 3.68. The number of nitrogens with zero attached hydrogens (tertiary/aromatic N) is 1. The largest absolute Gasteiger partial charge is 0.409 e. The van der Waals surface area contributed by atoms with E-state index in [1.54, 1.807) is 19.1 Å². The van der Waals surface area contributed by atoms with Crippen molar-refractivity contribution < 1.29 is 10.0 Å². The van der Waals surface area contributed by atoms with Gasteiger partial charge in [0.1, 0.15) is 0 Å². The van der Waals surface area contributed by atoms with Gasteiger partial charge in [-0.3, -0.25) is 4.79 Å². The molecule has 0 fully saturated rings. The van der Waals surface area contributed by atoms with Crippen LogP contribution in [0.3, 0.4) is 0 Å². The van der Waals surface area contributed by atoms with Gasteiger partial charge in [0, 0.05) is 10.0 Å². The van der Waals surface area contributed by atoms with Gasteiger partial charge in [-0.2, -0.15) is 0 Å². The first-order chi connectivity index (χ1) is 7.95. The Bertz CT molecular complexity index is 460. The first kappa shape index (κ1) is 13.5. The molecule has 0 saturated heterocycles. The van der Waals surface area contributed by atoms with Crippen molar-refractivity contribution in [2.24, 2.45) is 10.9 Å². The maximum absolute atomic E-state index is 11.8. The minimum atomic E-state index is -0.521. The monoisotopic (exact) mass is 299 g/mol. The molecule has 5 nitrogen and oxygen atoms in total. The number of carbonyl (C=O) groups is 1. The molecule has 1 aromatic rings. The van der Waals surface area contributed by atoms with Crippen LogP contribution in [0.25, 0.3) is 0 Å². The van der Waals surface area contributed by atoms with E-state index in [4.69, 9.17) is 10.9 Å². The summed E-state index contributed by atoms with van der Waals surface area (Å²) in [6, 6.07) is 4.76. The highest BCUT2D eigenvalue weighted by Crippen LogP contribution is 2.17. The first-order valence-corrected chi connectivity index (χ1v) is 5.79. The maximum Gasteiger partial charge on any atom is 0.251 e. The Morgan fingerprint density at radius 1 is 1.59 bits per heavy atom. The molecule has 0 saturated carbocycles. The summed E-state index contributed by atoms with van der Waals surface area (Å²) >= 11 is 3.35. The second kappa shape index (κ2) is 5.67. The van der Waals surface area contributed by atoms with E-state index in [9.17, 15) is 4.79 Å². The number of rotatable bonds is 3. The molecule has 92 valence electrons. The Kier molecular flexibility index (Phi) is 4.51. The van der Waals surface area contributed by atoms with Gasteiger partial charge >= 0.3 is 0 Å². The van der Waals surface area contributed by atoms with E-state index in [0.717, 1.165) is 10.0 Å². The van der Waals surface area contributed by atoms with Gasteiger partial charge in [0.15, 0.2) is 5.84 Å². The molecule has 0 bridgehead atoms. The number of benzene rings is 1. The molecule has 1 atom stereocenters. The van der Waals surface area contributed by atoms with Crippen molar-refractivity contribution in [3.05, 3.63) is 33.8 Å². The number of nitrogens with two attached hydrogens (primary N) is 1. The molecule has 1 rings (SSSR count). The number of nitrogens with one attached hydrogen (secondary N) is 1. The van der Waals surface area contributed by atoms with Crippen molar-refractivity contribution in [1.29, 1.82) is 0 Å². The van der Waals surface area contributed by atoms with Crippen LogP contribution in [0.2, 0.25) is 0 Å². The quantitative estimate of drug-likeness (QED) is 0.343. The van der Waals surface area contributed by atoms with Crippen LogP contribution in [0, 0.1) is 6.92 Å². The molecular formula is C11H14BrN3O2. The van der Waals surface area contributed by atoms with Crippen molar-refractivity contribution >= 4 is 27.7 Å². The minimum Gasteiger partial charge on any atom is -0.409 e. The van der Waals surface area contributed by atoms with Gasteiger partial charge in [-0.25, -0.2) is 0 Å². The molecule has 0 spiro atoms. The highest BCUT2D eigenvalue weighted by molar-refractivity contribution is 9.10. The Morgan fingerprint density at radius 3 is 2.76 bits per heavy atom. The molecule has 1 aromatic carbocycles. The van der Waals surface area contributed by atoms with Crippen LogP contribution in [0.1, 0.15) is 22.8 Å². The lowest BCUT2D eigenvalue weighted by molar-refractivity contribution is 0.0948. The third kappa shape index (κ3) is 3.45. The van der Waals surface area contributed by atoms with Crippen molar-refractivity contribution in [2.45, 2.75) is 19.9 Å². The lowest BCUT2D eigenvalue weighted by Crippen LogP contribution is -2.42. The summed E-state index contributed by atoms with van der Waals surface area (Å²) in [5, 5.41) is 13.9. The molecule has 1 amide bonds. The number of carbonyl (C=O) groups excluding carboxylic acids is 1. The van der Waals surface area contributed by atoms with Crippen LogP contribution in [0.15, 0.2) is 27.8 Å². The Balaban J connectivity index is 2.80. The van der Waals surface area contributed by atoms with Crippen LogP contribution in [-0.2, 0) is 0 Å². The SMILES string of the molecule is Cc1ccc(C(=O)NC(C)/C(N)=N/O)cc1Br. The highest BCUT2D eigenvalue weighted by Gasteiger charge is 2.13. The van der Waals surface area contributed by atoms with Gasteiger partial charge in [0.2, 0.25) is 0 Å². The fourth-order valence-corrected chi connectivity index (χ4v) is 1.55. The molecule has 0 radical (unpaired) electrons. The Morgan fingerprint density at radius 2 is 2.24 bits per heavy atom. The fourth-order valence-electron chi connectivity index (χ4n) is 1.17. The van der Waals surface area contributed by atoms with Crippen LogP contribution in [-0.4, -0.2) is 23.0 Å². The van der Waals surface area contributed by atoms with E-state index < -0.39 is 6.04 Å². The zero-order chi connectivity index (χ0) is 13.0. The molecule has 4 N–H and O–H groups in total. The summed E-state index contributed by atoms with van der Waals surface area (Å²) in [5.74, 6) is -0.311. The number of oxime groups is 1. The topological polar surface area (TPSA) is 87.7 Å². The van der Waals surface area contributed by atoms with Gasteiger partial charge in [0.05, 0.1) is 6.04 Å². The number of halogens is 1. The van der Waals surface area contributed by atoms with Gasteiger partial charge in [0.25, 0.3) is 5.91 Å². The minimum absolute atomic E-state index is 0.0375. The van der Waals surface area contributed by atoms with Gasteiger partial charge < -0.3 is 16.3 Å². The molecule has 6 heteroatoms. The second-order valence-corrected chi connectivity index (χ2v) is 4.54. The third-order valence-electron chi connectivity index (χ3n) is 2.34. The van der Waals surface area contributed by atoms with Crippen LogP contribution in [0.5, 0.6) is 0 Å². The summed E-state index contributed by atoms with van der Waals surface area (Å²) in [6.45, 7) is 3.57. The van der Waals surface area contributed by atoms with E-state index in [-0.39, 0.29) is 11.7 Å². The average Bonchev–Trinajstić information content (AvgIpc) is 2.31. The summed E-state index contributed by atoms with van der Waals surface area (Å²) in [6.07, 6.45) is 0. The maximum atomic E-state index is 11.8. The lowest BCUT2D eigenvalue weighted by Gasteiger charge is -2.12. The molecular weight excluding hydrogens is 286 g/mol. The first-order valence-electron chi connectivity index (χ1n) is 5.00. The van der Waals surface area contributed by atoms with E-state index in [0.29, 0.717) is 5.56 Å². The van der Waals surface area contributed by atoms with Crippen LogP contribution < -0.4 is 11.1 Å². The summed E-state index contributed by atoms with van der Waals surface area (Å²) < 4.78 is 0.863. The van der Waals surface area contributed by atoms with Crippen molar-refractivity contribution in [2.75, 3.05) is 0 Å². The van der Waals surface area contributed by atoms with Crippen LogP contribution in [0.4, 0.5) is 0 Å². The molecule has 0 aliphatic rings. The van der Waals surface area contributed by atoms with E-state index >= 15 is 0 Å². The number of hydrogen-bond donors (Lipinski definition) is 3. The highest BCUT2D eigenvalue weighted by atomic mass is 79.9. The molecule has 0 heterocycles. The van der Waals surface area contributed by atoms with Crippen molar-refractivity contribution in [3.8, 4) is 0 Å². The van der Waals surface area contributed by atoms with Crippen molar-refractivity contribution in [1.82, 2.24) is 5.32 Å². The number of hydrogen-bond acceptors (Lipinski definition) is 3. The van der Waals surface area contributed by atoms with Gasteiger partial charge in [-0.05, 0) is 31.5 Å². The Labute approximate surface area is 108 Å². The normalized spacial score (nSPS) is 13.2. The number of amides is 1. The number of amidine groups is 1. The predicted molar refractivity (Wildman–Crippen MR) is 69.2 cm³/mol. The zero-order valence-corrected chi connectivity index (χ0v) is 11.2. The van der Waals surface area contributed by atoms with Crippen LogP contribution >= 0.6 is 15.9 Å². The standard InChI is InChI=1S/C11H14BrN3O2/c1-6-3-4-8(5-9(6)12)11(16)14-7(2)10(13)15-17/h3-5,7,17H,1-2H3,(H2,13,15)(H,14,16). The summed E-state index contributed by atoms with van der Waals surface area (Å²) in [7, 11) is 0. The van der Waals surface area contributed by atoms with E-state index in [2.05, 4.69) is 26.4 Å².